The van der Waals surface area contributed by atoms with Gasteiger partial charge in [0.2, 0.25) is 5.95 Å². The molecule has 5 N–H and O–H groups in total. The van der Waals surface area contributed by atoms with Crippen LogP contribution in [0.5, 0.6) is 63.2 Å². The van der Waals surface area contributed by atoms with Crippen LogP contribution >= 0.6 is 22.6 Å². The summed E-state index contributed by atoms with van der Waals surface area (Å²) in [6.07, 6.45) is -12.6. The second-order valence-electron chi connectivity index (χ2n) is 26.1. The van der Waals surface area contributed by atoms with E-state index in [2.05, 4.69) is 37.3 Å². The monoisotopic (exact) mass is 1730 g/mol. The normalized spacial score (nSPS) is 11.8. The van der Waals surface area contributed by atoms with Crippen molar-refractivity contribution in [2.45, 2.75) is 153 Å². The van der Waals surface area contributed by atoms with Crippen molar-refractivity contribution in [2.75, 3.05) is 47.0 Å². The number of halogens is 10. The van der Waals surface area contributed by atoms with E-state index in [-0.39, 0.29) is 96.3 Å². The van der Waals surface area contributed by atoms with E-state index in [0.717, 1.165) is 50.6 Å². The van der Waals surface area contributed by atoms with Crippen molar-refractivity contribution >= 4 is 64.7 Å². The summed E-state index contributed by atoms with van der Waals surface area (Å²) in [5.41, 5.74) is 13.7. The Kier molecular flexibility index (Phi) is 32.0. The van der Waals surface area contributed by atoms with Gasteiger partial charge in [0.25, 0.3) is 0 Å². The van der Waals surface area contributed by atoms with Crippen LogP contribution < -0.4 is 52.4 Å². The smallest absolute Gasteiger partial charge is 0.420 e. The number of phenolic OH excluding ortho intramolecular Hbond substituents is 1. The Hall–Kier alpha value is -9.61. The molecule has 111 heavy (non-hydrogen) atoms. The minimum absolute atomic E-state index is 0.00167. The maximum absolute atomic E-state index is 13.3. The van der Waals surface area contributed by atoms with Crippen molar-refractivity contribution in [1.82, 2.24) is 9.97 Å². The molecule has 1 aromatic heterocycles. The van der Waals surface area contributed by atoms with E-state index in [0.29, 0.717) is 51.8 Å². The quantitative estimate of drug-likeness (QED) is 0.0342. The summed E-state index contributed by atoms with van der Waals surface area (Å²) in [5, 5.41) is 9.49. The van der Waals surface area contributed by atoms with Crippen LogP contribution in [0.1, 0.15) is 160 Å². The van der Waals surface area contributed by atoms with Crippen molar-refractivity contribution in [3.05, 3.63) is 210 Å². The number of aromatic hydroxyl groups is 1. The number of ether oxygens (including phenoxy) is 6. The topological polar surface area (TPSA) is 284 Å². The minimum Gasteiger partial charge on any atom is -0.508 e. The second-order valence-corrected chi connectivity index (χ2v) is 31.9. The number of hydrogen-bond donors (Lipinski definition) is 3. The average Bonchev–Trinajstić information content (AvgIpc) is 0.776. The van der Waals surface area contributed by atoms with Gasteiger partial charge in [0.1, 0.15) is 88.9 Å². The summed E-state index contributed by atoms with van der Waals surface area (Å²) in [5.74, 6) is 0.00597. The van der Waals surface area contributed by atoms with Gasteiger partial charge in [0, 0.05) is 27.8 Å². The molecule has 0 saturated heterocycles. The number of rotatable bonds is 21. The first-order valence-corrected chi connectivity index (χ1v) is 38.9. The van der Waals surface area contributed by atoms with E-state index < -0.39 is 65.6 Å². The molecule has 0 saturated carbocycles. The fraction of sp³-hybridized carbons (Fsp3) is 0.333. The molecule has 604 valence electrons. The number of aryl methyl sites for hydroxylation is 3. The zero-order valence-corrected chi connectivity index (χ0v) is 68.5. The molecule has 8 aromatic carbocycles. The zero-order valence-electron chi connectivity index (χ0n) is 63.9. The predicted octanol–water partition coefficient (Wildman–Crippen LogP) is 20.4. The summed E-state index contributed by atoms with van der Waals surface area (Å²) in [4.78, 5) is 7.60. The first-order valence-electron chi connectivity index (χ1n) is 33.6. The summed E-state index contributed by atoms with van der Waals surface area (Å²) in [7, 11) is -5.35. The maximum atomic E-state index is 13.3. The Morgan fingerprint density at radius 1 is 0.378 bits per heavy atom. The molecule has 0 spiro atoms. The Bertz CT molecular complexity index is 5010. The Morgan fingerprint density at radius 3 is 1.04 bits per heavy atom. The molecule has 1 heterocycles. The number of nitrogen functional groups attached to an aromatic ring is 2. The number of alkyl halides is 9. The summed E-state index contributed by atoms with van der Waals surface area (Å²) < 4.78 is 239. The maximum Gasteiger partial charge on any atom is 0.420 e. The molecule has 0 unspecified atom stereocenters. The molecule has 0 aliphatic carbocycles. The van der Waals surface area contributed by atoms with Gasteiger partial charge in [-0.05, 0) is 176 Å². The molecule has 0 aliphatic rings. The molecule has 20 nitrogen and oxygen atoms in total. The number of nitrogens with two attached hydrogens (primary N) is 2. The molecule has 0 bridgehead atoms. The van der Waals surface area contributed by atoms with Crippen LogP contribution in [0.3, 0.4) is 0 Å². The van der Waals surface area contributed by atoms with Crippen molar-refractivity contribution < 1.29 is 111 Å². The fourth-order valence-corrected chi connectivity index (χ4v) is 13.6. The molecule has 0 amide bonds. The molecule has 0 radical (unpaired) electrons. The van der Waals surface area contributed by atoms with Crippen molar-refractivity contribution in [3.8, 4) is 63.2 Å². The van der Waals surface area contributed by atoms with Crippen LogP contribution in [0.25, 0.3) is 0 Å². The number of anilines is 2. The first-order chi connectivity index (χ1) is 51.4. The lowest BCUT2D eigenvalue weighted by atomic mass is 9.99. The van der Waals surface area contributed by atoms with Crippen LogP contribution in [-0.4, -0.2) is 75.9 Å². The number of hydrogen-bond acceptors (Lipinski definition) is 20. The fourth-order valence-electron chi connectivity index (χ4n) is 10.1. The van der Waals surface area contributed by atoms with E-state index in [1.807, 2.05) is 61.5 Å². The predicted molar refractivity (Wildman–Crippen MR) is 413 cm³/mol. The molecule has 9 aromatic rings. The van der Waals surface area contributed by atoms with E-state index >= 15 is 0 Å². The Balaban J connectivity index is 0.000000250. The Labute approximate surface area is 655 Å². The van der Waals surface area contributed by atoms with Gasteiger partial charge >= 0.3 is 48.9 Å². The SMILES string of the molecule is COc1cc(C(C)C)c(O)cc1C(F)(F)F.COc1cc(C(C)C)c(OS(=O)(=O)c2ccc(C)cc2)cc1C(F)(F)F.COc1cc(C(C)C)c(OS(=O)(=O)c2ccc(C)cc2)cc1I.COc1cc(C(C)C)c(Oc2cnc(N)nc2N)cc1C(F)(F)F.COc1ccc(OS(=O)(=O)c2ccc(C)cc2)c(C(C)C)c1. The van der Waals surface area contributed by atoms with Gasteiger partial charge in [0.05, 0.1) is 45.3 Å². The van der Waals surface area contributed by atoms with Crippen LogP contribution in [0.4, 0.5) is 51.3 Å². The summed E-state index contributed by atoms with van der Waals surface area (Å²) in [6, 6.07) is 33.6. The van der Waals surface area contributed by atoms with Crippen LogP contribution in [-0.2, 0) is 48.9 Å². The number of methoxy groups -OCH3 is 5. The third-order valence-corrected chi connectivity index (χ3v) is 20.7. The molecule has 0 aliphatic heterocycles. The molecule has 33 heteroatoms. The van der Waals surface area contributed by atoms with Crippen LogP contribution in [0.15, 0.2) is 160 Å². The summed E-state index contributed by atoms with van der Waals surface area (Å²) in [6.45, 7) is 24.1. The van der Waals surface area contributed by atoms with E-state index in [9.17, 15) is 69.9 Å². The highest BCUT2D eigenvalue weighted by Crippen LogP contribution is 2.47. The minimum atomic E-state index is -4.72. The third kappa shape index (κ3) is 25.5. The van der Waals surface area contributed by atoms with Gasteiger partial charge in [-0.2, -0.15) is 69.8 Å². The Morgan fingerprint density at radius 2 is 0.694 bits per heavy atom. The number of phenols is 1. The van der Waals surface area contributed by atoms with Crippen LogP contribution in [0.2, 0.25) is 0 Å². The van der Waals surface area contributed by atoms with Gasteiger partial charge in [-0.25, -0.2) is 4.98 Å². The van der Waals surface area contributed by atoms with Crippen molar-refractivity contribution in [2.24, 2.45) is 0 Å². The van der Waals surface area contributed by atoms with E-state index in [1.54, 1.807) is 134 Å². The highest BCUT2D eigenvalue weighted by molar-refractivity contribution is 14.1. The molecule has 0 fully saturated rings. The highest BCUT2D eigenvalue weighted by Gasteiger charge is 2.39. The molecular formula is C78H88F9IN4O16S3. The molecule has 9 rings (SSSR count). The average molecular weight is 1730 g/mol. The molecular weight excluding hydrogens is 1640 g/mol. The summed E-state index contributed by atoms with van der Waals surface area (Å²) >= 11 is 2.10. The zero-order chi connectivity index (χ0) is 83.8. The third-order valence-electron chi connectivity index (χ3n) is 16.1. The van der Waals surface area contributed by atoms with Gasteiger partial charge in [-0.1, -0.05) is 122 Å². The number of aromatic nitrogens is 2. The lowest BCUT2D eigenvalue weighted by molar-refractivity contribution is -0.139. The van der Waals surface area contributed by atoms with Gasteiger partial charge in [-0.3, -0.25) is 0 Å². The van der Waals surface area contributed by atoms with Gasteiger partial charge in [0.15, 0.2) is 11.6 Å². The molecule has 0 atom stereocenters. The van der Waals surface area contributed by atoms with Crippen molar-refractivity contribution in [1.29, 1.82) is 0 Å². The van der Waals surface area contributed by atoms with Crippen LogP contribution in [0, 0.1) is 24.3 Å². The standard InChI is InChI=1S/C18H19F3O4S.C17H19IO4S.C17H20O4S.C15H17F3N4O2.C11H13F3O2/c1-11(2)14-9-17(24-4)15(18(19,20)21)10-16(14)25-26(22,23)13-7-5-12(3)6-8-13;1-11(2)14-9-17(21-4)15(18)10-16(14)22-23(19,20)13-7-5-12(3)6-8-13;1-12(2)16-11-14(20-4)7-10-17(16)21-22(18,19)15-8-5-13(3)6-9-15;1-7(2)8-4-11(23-3)9(15(16,17)18)5-10(8)24-12-6-21-14(20)22-13(12)19;1-6(2)7-4-10(16-3)8(5-9(7)15)11(12,13)14/h5-11H,1-4H3;5-11H,1-4H3;5-12H,1-4H3;4-7H,1-3H3,(H4,19,20,21,22);4-6,15H,1-3H3. The number of benzene rings is 8. The largest absolute Gasteiger partial charge is 0.508 e. The lowest BCUT2D eigenvalue weighted by Gasteiger charge is -2.19. The first kappa shape index (κ1) is 92.0. The van der Waals surface area contributed by atoms with Crippen molar-refractivity contribution in [3.63, 3.8) is 0 Å². The highest BCUT2D eigenvalue weighted by atomic mass is 127. The number of nitrogens with zero attached hydrogens (tertiary/aromatic N) is 2. The van der Waals surface area contributed by atoms with Gasteiger partial charge < -0.3 is 57.5 Å². The van der Waals surface area contributed by atoms with Gasteiger partial charge in [-0.15, -0.1) is 0 Å². The lowest BCUT2D eigenvalue weighted by Crippen LogP contribution is -2.14. The van der Waals surface area contributed by atoms with E-state index in [1.165, 1.54) is 44.7 Å². The second kappa shape index (κ2) is 38.5. The van der Waals surface area contributed by atoms with E-state index in [4.69, 9.17) is 47.7 Å².